The molecule has 4 nitrogen and oxygen atoms in total. The summed E-state index contributed by atoms with van der Waals surface area (Å²) in [7, 11) is 0. The van der Waals surface area contributed by atoms with Crippen LogP contribution in [0.15, 0.2) is 18.2 Å². The minimum Gasteiger partial charge on any atom is -0.491 e. The monoisotopic (exact) mass is 252 g/mol. The lowest BCUT2D eigenvalue weighted by atomic mass is 9.89. The number of aliphatic hydroxyl groups excluding tert-OH is 2. The maximum absolute atomic E-state index is 9.84. The van der Waals surface area contributed by atoms with Crippen LogP contribution in [0.25, 0.3) is 0 Å². The van der Waals surface area contributed by atoms with Crippen molar-refractivity contribution in [2.24, 2.45) is 0 Å². The van der Waals surface area contributed by atoms with E-state index in [2.05, 4.69) is 0 Å². The van der Waals surface area contributed by atoms with Crippen LogP contribution in [-0.2, 0) is 11.2 Å². The Hall–Kier alpha value is -1.10. The number of aliphatic hydroxyl groups is 2. The summed E-state index contributed by atoms with van der Waals surface area (Å²) in [6, 6.07) is 5.84. The fraction of sp³-hybridized carbons (Fsp3) is 0.571. The second-order valence-corrected chi connectivity index (χ2v) is 4.45. The van der Waals surface area contributed by atoms with Gasteiger partial charge < -0.3 is 19.7 Å². The van der Waals surface area contributed by atoms with Crippen molar-refractivity contribution >= 4 is 0 Å². The van der Waals surface area contributed by atoms with Crippen molar-refractivity contribution in [3.63, 3.8) is 0 Å². The second-order valence-electron chi connectivity index (χ2n) is 4.45. The molecule has 1 unspecified atom stereocenters. The van der Waals surface area contributed by atoms with Crippen molar-refractivity contribution in [1.29, 1.82) is 0 Å². The Balaban J connectivity index is 1.87. The number of hydrogen-bond donors (Lipinski definition) is 2. The van der Waals surface area contributed by atoms with Crippen molar-refractivity contribution in [1.82, 2.24) is 0 Å². The van der Waals surface area contributed by atoms with Gasteiger partial charge in [0.05, 0.1) is 25.9 Å². The number of ether oxygens (including phenoxy) is 2. The highest BCUT2D eigenvalue weighted by Gasteiger charge is 2.17. The molecular formula is C14H20O4. The molecule has 0 fully saturated rings. The first kappa shape index (κ1) is 13.3. The average molecular weight is 252 g/mol. The van der Waals surface area contributed by atoms with E-state index in [0.717, 1.165) is 30.6 Å². The normalized spacial score (nSPS) is 18.4. The Bertz CT molecular complexity index is 378. The van der Waals surface area contributed by atoms with E-state index in [1.54, 1.807) is 0 Å². The van der Waals surface area contributed by atoms with Crippen LogP contribution >= 0.6 is 0 Å². The van der Waals surface area contributed by atoms with Crippen LogP contribution in [0.4, 0.5) is 0 Å². The summed E-state index contributed by atoms with van der Waals surface area (Å²) in [6.07, 6.45) is 2.56. The lowest BCUT2D eigenvalue weighted by Crippen LogP contribution is -2.11. The summed E-state index contributed by atoms with van der Waals surface area (Å²) in [5.74, 6) is 0.815. The first-order chi connectivity index (χ1) is 8.81. The van der Waals surface area contributed by atoms with Gasteiger partial charge in [0.2, 0.25) is 0 Å². The second kappa shape index (κ2) is 6.73. The molecule has 1 atom stereocenters. The quantitative estimate of drug-likeness (QED) is 0.752. The van der Waals surface area contributed by atoms with E-state index < -0.39 is 0 Å². The number of hydrogen-bond acceptors (Lipinski definition) is 4. The van der Waals surface area contributed by atoms with Crippen LogP contribution < -0.4 is 4.74 Å². The highest BCUT2D eigenvalue weighted by atomic mass is 16.5. The minimum atomic E-state index is -0.323. The highest BCUT2D eigenvalue weighted by Crippen LogP contribution is 2.31. The molecule has 0 saturated carbocycles. The maximum Gasteiger partial charge on any atom is 0.119 e. The SMILES string of the molecule is OCCOCCOc1ccc2c(c1)CCCC2O. The molecule has 0 saturated heterocycles. The first-order valence-corrected chi connectivity index (χ1v) is 6.43. The Kier molecular flexibility index (Phi) is 4.99. The Morgan fingerprint density at radius 1 is 1.22 bits per heavy atom. The van der Waals surface area contributed by atoms with Crippen molar-refractivity contribution in [3.8, 4) is 5.75 Å². The molecule has 0 spiro atoms. The Morgan fingerprint density at radius 3 is 2.94 bits per heavy atom. The largest absolute Gasteiger partial charge is 0.491 e. The van der Waals surface area contributed by atoms with Crippen LogP contribution in [0.1, 0.15) is 30.1 Å². The van der Waals surface area contributed by atoms with Gasteiger partial charge in [-0.25, -0.2) is 0 Å². The molecule has 2 rings (SSSR count). The summed E-state index contributed by atoms with van der Waals surface area (Å²) in [5, 5.41) is 18.4. The molecule has 0 radical (unpaired) electrons. The summed E-state index contributed by atoms with van der Waals surface area (Å²) in [4.78, 5) is 0. The van der Waals surface area contributed by atoms with E-state index in [-0.39, 0.29) is 12.7 Å². The van der Waals surface area contributed by atoms with E-state index in [4.69, 9.17) is 14.6 Å². The summed E-state index contributed by atoms with van der Waals surface area (Å²) < 4.78 is 10.7. The molecule has 0 aromatic heterocycles. The van der Waals surface area contributed by atoms with Gasteiger partial charge in [-0.05, 0) is 42.5 Å². The van der Waals surface area contributed by atoms with Crippen LogP contribution in [0.3, 0.4) is 0 Å². The van der Waals surface area contributed by atoms with Gasteiger partial charge in [0.1, 0.15) is 12.4 Å². The minimum absolute atomic E-state index is 0.0384. The Labute approximate surface area is 107 Å². The van der Waals surface area contributed by atoms with Crippen molar-refractivity contribution < 1.29 is 19.7 Å². The van der Waals surface area contributed by atoms with Gasteiger partial charge >= 0.3 is 0 Å². The molecule has 1 aromatic carbocycles. The van der Waals surface area contributed by atoms with Gasteiger partial charge in [0.15, 0.2) is 0 Å². The summed E-state index contributed by atoms with van der Waals surface area (Å²) in [6.45, 7) is 1.33. The molecule has 2 N–H and O–H groups in total. The lowest BCUT2D eigenvalue weighted by molar-refractivity contribution is 0.0704. The molecule has 0 amide bonds. The zero-order chi connectivity index (χ0) is 12.8. The predicted octanol–water partition coefficient (Wildman–Crippen LogP) is 1.44. The van der Waals surface area contributed by atoms with Gasteiger partial charge in [-0.2, -0.15) is 0 Å². The molecule has 1 aromatic rings. The van der Waals surface area contributed by atoms with Gasteiger partial charge in [-0.1, -0.05) is 6.07 Å². The average Bonchev–Trinajstić information content (AvgIpc) is 2.39. The summed E-state index contributed by atoms with van der Waals surface area (Å²) >= 11 is 0. The zero-order valence-corrected chi connectivity index (χ0v) is 10.5. The first-order valence-electron chi connectivity index (χ1n) is 6.43. The van der Waals surface area contributed by atoms with Gasteiger partial charge in [-0.15, -0.1) is 0 Å². The van der Waals surface area contributed by atoms with E-state index >= 15 is 0 Å². The number of benzene rings is 1. The molecule has 4 heteroatoms. The van der Waals surface area contributed by atoms with Crippen molar-refractivity contribution in [3.05, 3.63) is 29.3 Å². The molecular weight excluding hydrogens is 232 g/mol. The molecule has 0 bridgehead atoms. The standard InChI is InChI=1S/C14H20O4/c15-6-7-17-8-9-18-12-4-5-13-11(10-12)2-1-3-14(13)16/h4-5,10,14-16H,1-3,6-9H2. The molecule has 18 heavy (non-hydrogen) atoms. The van der Waals surface area contributed by atoms with Gasteiger partial charge in [-0.3, -0.25) is 0 Å². The number of aryl methyl sites for hydroxylation is 1. The van der Waals surface area contributed by atoms with Gasteiger partial charge in [0, 0.05) is 0 Å². The predicted molar refractivity (Wildman–Crippen MR) is 67.7 cm³/mol. The lowest BCUT2D eigenvalue weighted by Gasteiger charge is -2.21. The summed E-state index contributed by atoms with van der Waals surface area (Å²) in [5.41, 5.74) is 2.22. The molecule has 1 aliphatic carbocycles. The third-order valence-corrected chi connectivity index (χ3v) is 3.13. The van der Waals surface area contributed by atoms with Crippen LogP contribution in [0.2, 0.25) is 0 Å². The molecule has 1 aliphatic rings. The van der Waals surface area contributed by atoms with E-state index in [9.17, 15) is 5.11 Å². The third-order valence-electron chi connectivity index (χ3n) is 3.13. The molecule has 0 heterocycles. The Morgan fingerprint density at radius 2 is 2.11 bits per heavy atom. The smallest absolute Gasteiger partial charge is 0.119 e. The van der Waals surface area contributed by atoms with Crippen LogP contribution in [0, 0.1) is 0 Å². The fourth-order valence-corrected chi connectivity index (χ4v) is 2.24. The van der Waals surface area contributed by atoms with E-state index in [1.807, 2.05) is 18.2 Å². The number of rotatable bonds is 6. The highest BCUT2D eigenvalue weighted by molar-refractivity contribution is 5.38. The molecule has 0 aliphatic heterocycles. The fourth-order valence-electron chi connectivity index (χ4n) is 2.24. The van der Waals surface area contributed by atoms with Crippen LogP contribution in [-0.4, -0.2) is 36.6 Å². The van der Waals surface area contributed by atoms with E-state index in [1.165, 1.54) is 5.56 Å². The van der Waals surface area contributed by atoms with Crippen LogP contribution in [0.5, 0.6) is 5.75 Å². The number of fused-ring (bicyclic) bond motifs is 1. The molecule has 100 valence electrons. The zero-order valence-electron chi connectivity index (χ0n) is 10.5. The van der Waals surface area contributed by atoms with Crippen molar-refractivity contribution in [2.75, 3.05) is 26.4 Å². The topological polar surface area (TPSA) is 58.9 Å². The maximum atomic E-state index is 9.84. The van der Waals surface area contributed by atoms with Gasteiger partial charge in [0.25, 0.3) is 0 Å². The third kappa shape index (κ3) is 3.45. The van der Waals surface area contributed by atoms with E-state index in [0.29, 0.717) is 19.8 Å². The van der Waals surface area contributed by atoms with Crippen molar-refractivity contribution in [2.45, 2.75) is 25.4 Å².